The van der Waals surface area contributed by atoms with E-state index >= 15 is 0 Å². The highest BCUT2D eigenvalue weighted by molar-refractivity contribution is 5.87. The van der Waals surface area contributed by atoms with Crippen LogP contribution >= 0.6 is 0 Å². The summed E-state index contributed by atoms with van der Waals surface area (Å²) in [4.78, 5) is 50.2. The number of nitrogens with one attached hydrogen (secondary N) is 2. The molecule has 0 radical (unpaired) electrons. The maximum Gasteiger partial charge on any atom is 0.408 e. The monoisotopic (exact) mass is 549 g/mol. The Morgan fingerprint density at radius 3 is 1.93 bits per heavy atom. The van der Waals surface area contributed by atoms with Crippen molar-refractivity contribution in [1.29, 1.82) is 0 Å². The molecule has 0 saturated heterocycles. The highest BCUT2D eigenvalue weighted by Gasteiger charge is 2.28. The second-order valence-electron chi connectivity index (χ2n) is 9.69. The van der Waals surface area contributed by atoms with E-state index in [1.807, 2.05) is 74.5 Å². The molecule has 40 heavy (non-hydrogen) atoms. The fourth-order valence-electron chi connectivity index (χ4n) is 3.91. The molecule has 0 aliphatic rings. The molecule has 1 heterocycles. The van der Waals surface area contributed by atoms with Gasteiger partial charge < -0.3 is 20.1 Å². The van der Waals surface area contributed by atoms with Gasteiger partial charge in [-0.05, 0) is 24.0 Å². The van der Waals surface area contributed by atoms with Crippen molar-refractivity contribution >= 4 is 23.8 Å². The van der Waals surface area contributed by atoms with E-state index in [1.54, 1.807) is 34.8 Å². The lowest BCUT2D eigenvalue weighted by Gasteiger charge is -2.22. The normalized spacial score (nSPS) is 13.0. The number of nitrogens with zero attached hydrogens (tertiary/aromatic N) is 2. The van der Waals surface area contributed by atoms with E-state index in [2.05, 4.69) is 10.6 Å². The van der Waals surface area contributed by atoms with Crippen molar-refractivity contribution in [2.75, 3.05) is 0 Å². The number of amides is 2. The van der Waals surface area contributed by atoms with Crippen LogP contribution in [0.4, 0.5) is 9.59 Å². The van der Waals surface area contributed by atoms with E-state index in [0.717, 1.165) is 11.1 Å². The number of rotatable bonds is 14. The van der Waals surface area contributed by atoms with E-state index in [0.29, 0.717) is 6.42 Å². The largest absolute Gasteiger partial charge is 0.445 e. The average Bonchev–Trinajstić information content (AvgIpc) is 3.40. The molecule has 0 aliphatic heterocycles. The molecule has 10 heteroatoms. The van der Waals surface area contributed by atoms with E-state index in [1.165, 1.54) is 0 Å². The minimum absolute atomic E-state index is 0.000174. The van der Waals surface area contributed by atoms with Crippen molar-refractivity contribution in [3.8, 4) is 0 Å². The lowest BCUT2D eigenvalue weighted by atomic mass is 9.95. The van der Waals surface area contributed by atoms with Crippen molar-refractivity contribution < 1.29 is 33.2 Å². The Balaban J connectivity index is 1.48. The Bertz CT molecular complexity index is 1260. The summed E-state index contributed by atoms with van der Waals surface area (Å²) in [5.41, 5.74) is 1.70. The predicted octanol–water partition coefficient (Wildman–Crippen LogP) is 3.57. The second kappa shape index (κ2) is 15.2. The Kier molecular flexibility index (Phi) is 11.4. The number of aromatic nitrogens is 2. The quantitative estimate of drug-likeness (QED) is 0.297. The number of hydrogen-bond acceptors (Lipinski definition) is 6. The van der Waals surface area contributed by atoms with Crippen LogP contribution in [0.3, 0.4) is 0 Å². The minimum atomic E-state index is -0.762. The molecule has 3 aromatic rings. The number of carbonyl (C=O) groups is 4. The highest BCUT2D eigenvalue weighted by atomic mass is 16.6. The zero-order valence-corrected chi connectivity index (χ0v) is 23.1. The van der Waals surface area contributed by atoms with Gasteiger partial charge in [0.15, 0.2) is 24.7 Å². The van der Waals surface area contributed by atoms with Crippen molar-refractivity contribution in [3.63, 3.8) is 0 Å². The molecule has 0 unspecified atom stereocenters. The zero-order chi connectivity index (χ0) is 28.9. The summed E-state index contributed by atoms with van der Waals surface area (Å²) in [6, 6.07) is 17.1. The van der Waals surface area contributed by atoms with Crippen molar-refractivity contribution in [3.05, 3.63) is 90.5 Å². The van der Waals surface area contributed by atoms with Crippen LogP contribution in [0.2, 0.25) is 0 Å². The first-order valence-corrected chi connectivity index (χ1v) is 13.3. The summed E-state index contributed by atoms with van der Waals surface area (Å²) in [7, 11) is 0. The predicted molar refractivity (Wildman–Crippen MR) is 147 cm³/mol. The molecule has 10 nitrogen and oxygen atoms in total. The number of hydrogen-bond donors (Lipinski definition) is 2. The third kappa shape index (κ3) is 9.68. The van der Waals surface area contributed by atoms with Gasteiger partial charge in [-0.3, -0.25) is 9.59 Å². The number of alkyl carbamates (subject to hydrolysis) is 2. The van der Waals surface area contributed by atoms with Crippen LogP contribution in [0, 0.1) is 5.92 Å². The van der Waals surface area contributed by atoms with Crippen molar-refractivity contribution in [1.82, 2.24) is 15.2 Å². The summed E-state index contributed by atoms with van der Waals surface area (Å²) < 4.78 is 13.7. The van der Waals surface area contributed by atoms with Gasteiger partial charge in [-0.25, -0.2) is 18.7 Å². The smallest absolute Gasteiger partial charge is 0.408 e. The fraction of sp³-hybridized carbons (Fsp3) is 0.367. The lowest BCUT2D eigenvalue weighted by molar-refractivity contribution is -0.683. The Hall–Kier alpha value is -4.47. The summed E-state index contributed by atoms with van der Waals surface area (Å²) >= 11 is 0. The first-order valence-electron chi connectivity index (χ1n) is 13.3. The third-order valence-electron chi connectivity index (χ3n) is 6.50. The molecule has 0 aliphatic carbocycles. The summed E-state index contributed by atoms with van der Waals surface area (Å²) in [6.45, 7) is 5.66. The highest BCUT2D eigenvalue weighted by Crippen LogP contribution is 2.10. The molecule has 3 rings (SSSR count). The van der Waals surface area contributed by atoms with Crippen LogP contribution in [0.25, 0.3) is 0 Å². The standard InChI is InChI=1S/C30H36N4O6/c1-4-22(2)28(32-30(38)40-20-25-13-9-6-10-14-25)27(36)18-34-16-15-33(21-34)17-26(35)23(3)31-29(37)39-19-24-11-7-5-8-12-24/h5-16,21-23,28H,4,17-20H2,1-3H3,(H-,31,32,37,38)/p+1/t22-,23-,28-/m0/s1. The molecular formula is C30H37N4O6+. The van der Waals surface area contributed by atoms with Crippen LogP contribution in [0.5, 0.6) is 0 Å². The van der Waals surface area contributed by atoms with E-state index in [4.69, 9.17) is 9.47 Å². The van der Waals surface area contributed by atoms with Gasteiger partial charge in [-0.15, -0.1) is 0 Å². The first-order chi connectivity index (χ1) is 19.2. The van der Waals surface area contributed by atoms with E-state index < -0.39 is 24.3 Å². The van der Waals surface area contributed by atoms with Gasteiger partial charge in [0.25, 0.3) is 0 Å². The molecule has 0 saturated carbocycles. The van der Waals surface area contributed by atoms with Crippen LogP contribution in [-0.2, 0) is 45.4 Å². The SMILES string of the molecule is CC[C@H](C)[C@H](NC(=O)OCc1ccccc1)C(=O)C[n+]1ccn(CC(=O)[C@H](C)NC(=O)OCc2ccccc2)c1. The van der Waals surface area contributed by atoms with Crippen LogP contribution in [0.15, 0.2) is 79.4 Å². The molecular weight excluding hydrogens is 512 g/mol. The molecule has 0 bridgehead atoms. The Labute approximate surface area is 234 Å². The maximum atomic E-state index is 13.1. The zero-order valence-electron chi connectivity index (χ0n) is 23.1. The molecule has 2 N–H and O–H groups in total. The van der Waals surface area contributed by atoms with Crippen LogP contribution < -0.4 is 15.2 Å². The van der Waals surface area contributed by atoms with Gasteiger partial charge in [0.2, 0.25) is 6.33 Å². The maximum absolute atomic E-state index is 13.1. The van der Waals surface area contributed by atoms with Crippen molar-refractivity contribution in [2.45, 2.75) is 65.6 Å². The van der Waals surface area contributed by atoms with Crippen molar-refractivity contribution in [2.24, 2.45) is 5.92 Å². The number of imidazole rings is 1. The number of Topliss-reactive ketones (excluding diaryl/α,β-unsaturated/α-hetero) is 2. The molecule has 2 amide bonds. The average molecular weight is 550 g/mol. The fourth-order valence-corrected chi connectivity index (χ4v) is 3.91. The van der Waals surface area contributed by atoms with Gasteiger partial charge in [0.1, 0.15) is 25.6 Å². The van der Waals surface area contributed by atoms with Gasteiger partial charge in [0.05, 0.1) is 12.1 Å². The van der Waals surface area contributed by atoms with E-state index in [-0.39, 0.29) is 43.8 Å². The first kappa shape index (κ1) is 30.1. The summed E-state index contributed by atoms with van der Waals surface area (Å²) in [6.07, 6.45) is 4.35. The van der Waals surface area contributed by atoms with Gasteiger partial charge in [-0.2, -0.15) is 0 Å². The Morgan fingerprint density at radius 1 is 0.825 bits per heavy atom. The lowest BCUT2D eigenvalue weighted by Crippen LogP contribution is -2.50. The second-order valence-corrected chi connectivity index (χ2v) is 9.69. The molecule has 1 aromatic heterocycles. The molecule has 3 atom stereocenters. The van der Waals surface area contributed by atoms with Gasteiger partial charge in [-0.1, -0.05) is 80.9 Å². The number of carbonyl (C=O) groups excluding carboxylic acids is 4. The summed E-state index contributed by atoms with van der Waals surface area (Å²) in [5, 5.41) is 5.26. The van der Waals surface area contributed by atoms with Gasteiger partial charge >= 0.3 is 12.2 Å². The molecule has 0 fully saturated rings. The van der Waals surface area contributed by atoms with Gasteiger partial charge in [0, 0.05) is 0 Å². The number of ketones is 2. The topological polar surface area (TPSA) is 120 Å². The number of benzene rings is 2. The number of ether oxygens (including phenoxy) is 2. The molecule has 212 valence electrons. The van der Waals surface area contributed by atoms with E-state index in [9.17, 15) is 19.2 Å². The van der Waals surface area contributed by atoms with Crippen LogP contribution in [0.1, 0.15) is 38.3 Å². The molecule has 0 spiro atoms. The Morgan fingerprint density at radius 2 is 1.38 bits per heavy atom. The third-order valence-corrected chi connectivity index (χ3v) is 6.50. The van der Waals surface area contributed by atoms with Crippen LogP contribution in [-0.4, -0.2) is 40.4 Å². The molecule has 2 aromatic carbocycles. The minimum Gasteiger partial charge on any atom is -0.445 e. The summed E-state index contributed by atoms with van der Waals surface area (Å²) in [5.74, 6) is -0.517.